The largest absolute Gasteiger partial charge is 0.325 e. The van der Waals surface area contributed by atoms with E-state index in [1.54, 1.807) is 4.68 Å². The van der Waals surface area contributed by atoms with Crippen LogP contribution < -0.4 is 10.2 Å². The average molecular weight is 422 g/mol. The van der Waals surface area contributed by atoms with Crippen LogP contribution in [0, 0.1) is 6.92 Å². The van der Waals surface area contributed by atoms with Gasteiger partial charge in [-0.3, -0.25) is 9.69 Å². The van der Waals surface area contributed by atoms with E-state index < -0.39 is 0 Å². The van der Waals surface area contributed by atoms with E-state index in [1.807, 2.05) is 65.6 Å². The zero-order chi connectivity index (χ0) is 21.9. The number of benzene rings is 3. The minimum Gasteiger partial charge on any atom is -0.325 e. The lowest BCUT2D eigenvalue weighted by Gasteiger charge is -2.32. The van der Waals surface area contributed by atoms with Gasteiger partial charge in [-0.25, -0.2) is 0 Å². The Bertz CT molecular complexity index is 1250. The van der Waals surface area contributed by atoms with Crippen molar-refractivity contribution in [2.24, 2.45) is 0 Å². The molecule has 7 heteroatoms. The number of rotatable bonds is 5. The number of hydrogen-bond acceptors (Lipinski definition) is 5. The lowest BCUT2D eigenvalue weighted by atomic mass is 10.00. The molecule has 0 spiro atoms. The summed E-state index contributed by atoms with van der Waals surface area (Å²) in [4.78, 5) is 14.8. The van der Waals surface area contributed by atoms with Crippen LogP contribution in [0.2, 0.25) is 0 Å². The van der Waals surface area contributed by atoms with Crippen LogP contribution in [0.1, 0.15) is 22.7 Å². The second-order valence-electron chi connectivity index (χ2n) is 7.70. The smallest absolute Gasteiger partial charge is 0.251 e. The molecule has 1 aromatic heterocycles. The highest BCUT2D eigenvalue weighted by atomic mass is 16.2. The van der Waals surface area contributed by atoms with Gasteiger partial charge in [-0.1, -0.05) is 83.5 Å². The number of aromatic nitrogens is 4. The van der Waals surface area contributed by atoms with Crippen molar-refractivity contribution in [1.82, 2.24) is 20.2 Å². The van der Waals surface area contributed by atoms with Crippen molar-refractivity contribution in [2.75, 3.05) is 16.8 Å². The third-order valence-electron chi connectivity index (χ3n) is 5.43. The van der Waals surface area contributed by atoms with Crippen LogP contribution in [-0.2, 0) is 4.79 Å². The van der Waals surface area contributed by atoms with Crippen LogP contribution in [-0.4, -0.2) is 32.7 Å². The highest BCUT2D eigenvalue weighted by Crippen LogP contribution is 2.36. The Balaban J connectivity index is 1.54. The molecule has 0 radical (unpaired) electrons. The lowest BCUT2D eigenvalue weighted by Crippen LogP contribution is -2.37. The number of anilines is 2. The average Bonchev–Trinajstić information content (AvgIpc) is 3.31. The van der Waals surface area contributed by atoms with Crippen molar-refractivity contribution in [3.63, 3.8) is 0 Å². The minimum atomic E-state index is -0.177. The first-order valence-electron chi connectivity index (χ1n) is 10.4. The molecule has 1 atom stereocenters. The molecule has 2 heterocycles. The van der Waals surface area contributed by atoms with Gasteiger partial charge in [0.05, 0.1) is 5.70 Å². The fourth-order valence-electron chi connectivity index (χ4n) is 3.85. The predicted molar refractivity (Wildman–Crippen MR) is 124 cm³/mol. The first-order chi connectivity index (χ1) is 15.7. The topological polar surface area (TPSA) is 75.9 Å². The quantitative estimate of drug-likeness (QED) is 0.525. The molecular formula is C25H22N6O. The monoisotopic (exact) mass is 422 g/mol. The molecule has 0 fully saturated rings. The summed E-state index contributed by atoms with van der Waals surface area (Å²) in [6.07, 6.45) is 2.11. The molecular weight excluding hydrogens is 400 g/mol. The van der Waals surface area contributed by atoms with E-state index in [1.165, 1.54) is 5.56 Å². The lowest BCUT2D eigenvalue weighted by molar-refractivity contribution is -0.114. The molecule has 0 aliphatic carbocycles. The molecule has 32 heavy (non-hydrogen) atoms. The van der Waals surface area contributed by atoms with Crippen molar-refractivity contribution in [2.45, 2.75) is 13.0 Å². The summed E-state index contributed by atoms with van der Waals surface area (Å²) in [5, 5.41) is 15.4. The van der Waals surface area contributed by atoms with Crippen molar-refractivity contribution >= 4 is 23.2 Å². The third kappa shape index (κ3) is 3.88. The highest BCUT2D eigenvalue weighted by molar-refractivity contribution is 5.97. The summed E-state index contributed by atoms with van der Waals surface area (Å²) >= 11 is 0. The molecule has 3 aromatic carbocycles. The molecule has 158 valence electrons. The number of aryl methyl sites for hydroxylation is 1. The second kappa shape index (κ2) is 8.47. The number of carbonyl (C=O) groups is 1. The van der Waals surface area contributed by atoms with E-state index in [0.717, 1.165) is 22.5 Å². The van der Waals surface area contributed by atoms with Crippen LogP contribution in [0.15, 0.2) is 91.0 Å². The number of carbonyl (C=O) groups excluding carboxylic acids is 1. The van der Waals surface area contributed by atoms with E-state index in [2.05, 4.69) is 58.1 Å². The molecule has 0 unspecified atom stereocenters. The molecule has 1 aliphatic heterocycles. The van der Waals surface area contributed by atoms with Gasteiger partial charge in [-0.2, -0.15) is 4.68 Å². The summed E-state index contributed by atoms with van der Waals surface area (Å²) in [7, 11) is 0. The summed E-state index contributed by atoms with van der Waals surface area (Å²) in [6, 6.07) is 27.6. The fourth-order valence-corrected chi connectivity index (χ4v) is 3.85. The predicted octanol–water partition coefficient (Wildman–Crippen LogP) is 4.07. The van der Waals surface area contributed by atoms with Crippen LogP contribution in [0.5, 0.6) is 0 Å². The molecule has 4 aromatic rings. The molecule has 7 nitrogen and oxygen atoms in total. The molecule has 0 saturated carbocycles. The summed E-state index contributed by atoms with van der Waals surface area (Å²) in [5.41, 5.74) is 4.89. The number of amides is 1. The summed E-state index contributed by atoms with van der Waals surface area (Å²) in [6.45, 7) is 2.14. The van der Waals surface area contributed by atoms with E-state index in [-0.39, 0.29) is 18.5 Å². The van der Waals surface area contributed by atoms with Gasteiger partial charge < -0.3 is 5.32 Å². The van der Waals surface area contributed by atoms with E-state index in [0.29, 0.717) is 5.95 Å². The number of fused-ring (bicyclic) bond motifs is 1. The molecule has 5 rings (SSSR count). The minimum absolute atomic E-state index is 0.0800. The normalized spacial score (nSPS) is 15.1. The van der Waals surface area contributed by atoms with Gasteiger partial charge in [0, 0.05) is 5.69 Å². The Morgan fingerprint density at radius 2 is 1.62 bits per heavy atom. The van der Waals surface area contributed by atoms with Gasteiger partial charge in [-0.05, 0) is 46.7 Å². The van der Waals surface area contributed by atoms with Crippen molar-refractivity contribution in [3.05, 3.63) is 108 Å². The Morgan fingerprint density at radius 1 is 0.938 bits per heavy atom. The van der Waals surface area contributed by atoms with Gasteiger partial charge in [0.25, 0.3) is 5.95 Å². The van der Waals surface area contributed by atoms with E-state index >= 15 is 0 Å². The number of hydrogen-bond donors (Lipinski definition) is 1. The van der Waals surface area contributed by atoms with Crippen LogP contribution in [0.3, 0.4) is 0 Å². The first kappa shape index (κ1) is 19.7. The van der Waals surface area contributed by atoms with Crippen LogP contribution in [0.25, 0.3) is 5.70 Å². The van der Waals surface area contributed by atoms with E-state index in [9.17, 15) is 4.79 Å². The summed E-state index contributed by atoms with van der Waals surface area (Å²) < 4.78 is 1.76. The summed E-state index contributed by atoms with van der Waals surface area (Å²) in [5.74, 6) is 0.376. The second-order valence-corrected chi connectivity index (χ2v) is 7.70. The third-order valence-corrected chi connectivity index (χ3v) is 5.43. The number of allylic oxidation sites excluding steroid dienone is 1. The van der Waals surface area contributed by atoms with Gasteiger partial charge in [-0.15, -0.1) is 0 Å². The molecule has 1 aliphatic rings. The van der Waals surface area contributed by atoms with Gasteiger partial charge >= 0.3 is 0 Å². The van der Waals surface area contributed by atoms with E-state index in [4.69, 9.17) is 0 Å². The van der Waals surface area contributed by atoms with Crippen LogP contribution >= 0.6 is 0 Å². The van der Waals surface area contributed by atoms with Gasteiger partial charge in [0.1, 0.15) is 12.6 Å². The van der Waals surface area contributed by atoms with Gasteiger partial charge in [0.15, 0.2) is 0 Å². The maximum atomic E-state index is 12.9. The highest BCUT2D eigenvalue weighted by Gasteiger charge is 2.31. The number of nitrogens with zero attached hydrogens (tertiary/aromatic N) is 5. The zero-order valence-corrected chi connectivity index (χ0v) is 17.6. The molecule has 1 amide bonds. The van der Waals surface area contributed by atoms with Crippen LogP contribution in [0.4, 0.5) is 11.6 Å². The molecule has 0 bridgehead atoms. The Hall–Kier alpha value is -4.26. The van der Waals surface area contributed by atoms with Crippen molar-refractivity contribution < 1.29 is 4.79 Å². The number of nitrogens with one attached hydrogen (secondary N) is 1. The maximum absolute atomic E-state index is 12.9. The van der Waals surface area contributed by atoms with Crippen molar-refractivity contribution in [1.29, 1.82) is 0 Å². The SMILES string of the molecule is Cc1ccc([C@H]2C=C(c3ccccc3)N(CC(=O)Nc3ccccc3)c3nnnn32)cc1. The number of tetrazole rings is 1. The Kier molecular flexibility index (Phi) is 5.21. The Morgan fingerprint density at radius 3 is 2.34 bits per heavy atom. The Labute approximate surface area is 186 Å². The maximum Gasteiger partial charge on any atom is 0.251 e. The van der Waals surface area contributed by atoms with Crippen molar-refractivity contribution in [3.8, 4) is 0 Å². The number of para-hydroxylation sites is 1. The standard InChI is InChI=1S/C25H22N6O/c1-18-12-14-20(15-13-18)23-16-22(19-8-4-2-5-9-19)30(25-27-28-29-31(23)25)17-24(32)26-21-10-6-3-7-11-21/h2-16,23H,17H2,1H3,(H,26,32)/t23-/m1/s1. The first-order valence-corrected chi connectivity index (χ1v) is 10.4. The fraction of sp³-hybridized carbons (Fsp3) is 0.120. The molecule has 0 saturated heterocycles. The zero-order valence-electron chi connectivity index (χ0n) is 17.6. The van der Waals surface area contributed by atoms with Gasteiger partial charge in [0.2, 0.25) is 5.91 Å². The molecule has 1 N–H and O–H groups in total.